The van der Waals surface area contributed by atoms with Gasteiger partial charge in [0, 0.05) is 36.1 Å². The van der Waals surface area contributed by atoms with Gasteiger partial charge in [-0.05, 0) is 64.5 Å². The van der Waals surface area contributed by atoms with Gasteiger partial charge in [0.25, 0.3) is 11.5 Å². The smallest absolute Gasteiger partial charge is 0.274 e. The van der Waals surface area contributed by atoms with Crippen molar-refractivity contribution >= 4 is 17.2 Å². The fraction of sp³-hybridized carbons (Fsp3) is 0.519. The predicted molar refractivity (Wildman–Crippen MR) is 132 cm³/mol. The van der Waals surface area contributed by atoms with Crippen molar-refractivity contribution in [2.75, 3.05) is 11.9 Å². The number of hydrogen-bond donors (Lipinski definition) is 1. The first-order valence-electron chi connectivity index (χ1n) is 12.7. The van der Waals surface area contributed by atoms with Crippen LogP contribution in [0.3, 0.4) is 0 Å². The van der Waals surface area contributed by atoms with Gasteiger partial charge in [-0.2, -0.15) is 0 Å². The average molecular weight is 477 g/mol. The van der Waals surface area contributed by atoms with Crippen molar-refractivity contribution in [1.29, 1.82) is 0 Å². The van der Waals surface area contributed by atoms with Gasteiger partial charge in [-0.25, -0.2) is 4.98 Å². The number of ether oxygens (including phenoxy) is 2. The van der Waals surface area contributed by atoms with Crippen LogP contribution < -0.4 is 15.6 Å². The summed E-state index contributed by atoms with van der Waals surface area (Å²) in [6.45, 7) is 6.87. The number of nitrogens with one attached hydrogen (secondary N) is 1. The van der Waals surface area contributed by atoms with Crippen LogP contribution in [0.2, 0.25) is 0 Å². The van der Waals surface area contributed by atoms with Crippen LogP contribution in [-0.4, -0.2) is 38.2 Å². The van der Waals surface area contributed by atoms with Crippen LogP contribution in [0.1, 0.15) is 81.4 Å². The zero-order valence-corrected chi connectivity index (χ0v) is 20.5. The molecule has 1 amide bonds. The SMILES string of the molecule is CCC(C)Oc1cc2nc(C34CCC(C)(C3)OC4)cn2cc1C(=O)Nc1cccn(C2CC2)c1=O. The van der Waals surface area contributed by atoms with Gasteiger partial charge >= 0.3 is 0 Å². The van der Waals surface area contributed by atoms with E-state index in [-0.39, 0.29) is 40.3 Å². The van der Waals surface area contributed by atoms with Crippen LogP contribution in [0.15, 0.2) is 41.6 Å². The highest BCUT2D eigenvalue weighted by Crippen LogP contribution is 2.53. The van der Waals surface area contributed by atoms with E-state index in [1.807, 2.05) is 30.5 Å². The lowest BCUT2D eigenvalue weighted by atomic mass is 9.84. The molecule has 3 unspecified atom stereocenters. The van der Waals surface area contributed by atoms with Crippen LogP contribution in [0.5, 0.6) is 5.75 Å². The molecule has 3 aromatic heterocycles. The third-order valence-corrected chi connectivity index (χ3v) is 7.95. The summed E-state index contributed by atoms with van der Waals surface area (Å²) >= 11 is 0. The quantitative estimate of drug-likeness (QED) is 0.544. The summed E-state index contributed by atoms with van der Waals surface area (Å²) in [4.78, 5) is 31.3. The minimum atomic E-state index is -0.373. The van der Waals surface area contributed by atoms with Gasteiger partial charge in [-0.3, -0.25) is 9.59 Å². The first kappa shape index (κ1) is 22.3. The molecule has 3 aromatic rings. The molecule has 35 heavy (non-hydrogen) atoms. The Labute approximate surface area is 204 Å². The second-order valence-corrected chi connectivity index (χ2v) is 10.8. The van der Waals surface area contributed by atoms with Gasteiger partial charge < -0.3 is 23.8 Å². The zero-order chi connectivity index (χ0) is 24.4. The van der Waals surface area contributed by atoms with Crippen molar-refractivity contribution in [2.45, 2.75) is 82.5 Å². The number of anilines is 1. The third kappa shape index (κ3) is 3.84. The lowest BCUT2D eigenvalue weighted by molar-refractivity contribution is -0.00627. The maximum Gasteiger partial charge on any atom is 0.274 e. The Hall–Kier alpha value is -3.13. The average Bonchev–Trinajstić information content (AvgIpc) is 3.37. The Morgan fingerprint density at radius 2 is 2.17 bits per heavy atom. The highest BCUT2D eigenvalue weighted by molar-refractivity contribution is 6.06. The third-order valence-electron chi connectivity index (χ3n) is 7.95. The molecule has 8 nitrogen and oxygen atoms in total. The van der Waals surface area contributed by atoms with E-state index in [2.05, 4.69) is 12.2 Å². The van der Waals surface area contributed by atoms with Gasteiger partial charge in [0.2, 0.25) is 0 Å². The van der Waals surface area contributed by atoms with Gasteiger partial charge in [0.05, 0.1) is 29.6 Å². The number of amides is 1. The van der Waals surface area contributed by atoms with Crippen molar-refractivity contribution in [3.05, 3.63) is 58.4 Å². The molecule has 1 N–H and O–H groups in total. The summed E-state index contributed by atoms with van der Waals surface area (Å²) in [5.41, 5.74) is 2.08. The molecule has 0 spiro atoms. The molecule has 6 rings (SSSR count). The topological polar surface area (TPSA) is 86.9 Å². The standard InChI is InChI=1S/C27H32N4O4/c1-4-17(2)35-21-12-23-29-22(27-10-9-26(3,15-27)34-16-27)14-30(23)13-19(21)24(32)28-20-6-5-11-31(25(20)33)18-7-8-18/h5-6,11-14,17-18H,4,7-10,15-16H2,1-3H3,(H,28,32). The predicted octanol–water partition coefficient (Wildman–Crippen LogP) is 4.47. The number of fused-ring (bicyclic) bond motifs is 3. The van der Waals surface area contributed by atoms with Gasteiger partial charge in [0.15, 0.2) is 0 Å². The van der Waals surface area contributed by atoms with Crippen LogP contribution >= 0.6 is 0 Å². The van der Waals surface area contributed by atoms with E-state index in [1.165, 1.54) is 0 Å². The maximum absolute atomic E-state index is 13.4. The Kier molecular flexibility index (Phi) is 5.07. The van der Waals surface area contributed by atoms with Crippen molar-refractivity contribution < 1.29 is 14.3 Å². The number of aromatic nitrogens is 3. The number of pyridine rings is 2. The highest BCUT2D eigenvalue weighted by Gasteiger charge is 2.55. The summed E-state index contributed by atoms with van der Waals surface area (Å²) in [5.74, 6) is 0.0956. The Bertz CT molecular complexity index is 1360. The first-order chi connectivity index (χ1) is 16.8. The first-order valence-corrected chi connectivity index (χ1v) is 12.7. The molecule has 4 heterocycles. The molecule has 1 saturated heterocycles. The van der Waals surface area contributed by atoms with E-state index in [1.54, 1.807) is 29.1 Å². The monoisotopic (exact) mass is 476 g/mol. The number of imidazole rings is 1. The van der Waals surface area contributed by atoms with E-state index >= 15 is 0 Å². The summed E-state index contributed by atoms with van der Waals surface area (Å²) in [6, 6.07) is 5.52. The molecule has 2 aliphatic carbocycles. The van der Waals surface area contributed by atoms with Crippen molar-refractivity contribution in [2.24, 2.45) is 0 Å². The summed E-state index contributed by atoms with van der Waals surface area (Å²) in [7, 11) is 0. The summed E-state index contributed by atoms with van der Waals surface area (Å²) in [6.07, 6.45) is 11.3. The largest absolute Gasteiger partial charge is 0.490 e. The van der Waals surface area contributed by atoms with E-state index in [9.17, 15) is 9.59 Å². The molecule has 8 heteroatoms. The van der Waals surface area contributed by atoms with Gasteiger partial charge in [0.1, 0.15) is 17.1 Å². The van der Waals surface area contributed by atoms with Crippen molar-refractivity contribution in [1.82, 2.24) is 14.0 Å². The molecule has 3 atom stereocenters. The molecule has 0 radical (unpaired) electrons. The van der Waals surface area contributed by atoms with E-state index in [0.29, 0.717) is 17.9 Å². The van der Waals surface area contributed by atoms with E-state index < -0.39 is 0 Å². The minimum Gasteiger partial charge on any atom is -0.490 e. The molecule has 3 fully saturated rings. The Balaban J connectivity index is 1.37. The molecule has 3 aliphatic rings. The van der Waals surface area contributed by atoms with E-state index in [4.69, 9.17) is 14.5 Å². The Morgan fingerprint density at radius 3 is 2.83 bits per heavy atom. The molecule has 2 saturated carbocycles. The fourth-order valence-electron chi connectivity index (χ4n) is 5.52. The Morgan fingerprint density at radius 1 is 1.34 bits per heavy atom. The number of carbonyl (C=O) groups is 1. The number of nitrogens with zero attached hydrogens (tertiary/aromatic N) is 3. The highest BCUT2D eigenvalue weighted by atomic mass is 16.5. The van der Waals surface area contributed by atoms with Crippen LogP contribution in [0, 0.1) is 0 Å². The van der Waals surface area contributed by atoms with E-state index in [0.717, 1.165) is 49.9 Å². The lowest BCUT2D eigenvalue weighted by Gasteiger charge is -2.24. The number of hydrogen-bond acceptors (Lipinski definition) is 5. The summed E-state index contributed by atoms with van der Waals surface area (Å²) < 4.78 is 15.8. The van der Waals surface area contributed by atoms with Gasteiger partial charge in [-0.15, -0.1) is 0 Å². The van der Waals surface area contributed by atoms with Crippen LogP contribution in [0.25, 0.3) is 5.65 Å². The summed E-state index contributed by atoms with van der Waals surface area (Å²) in [5, 5.41) is 2.83. The normalized spacial score (nSPS) is 26.3. The minimum absolute atomic E-state index is 0.0608. The molecule has 184 valence electrons. The molecule has 2 bridgehead atoms. The number of rotatable bonds is 7. The molecule has 0 aromatic carbocycles. The van der Waals surface area contributed by atoms with Crippen LogP contribution in [0.4, 0.5) is 5.69 Å². The second kappa shape index (κ2) is 7.95. The molecular weight excluding hydrogens is 444 g/mol. The second-order valence-electron chi connectivity index (χ2n) is 10.8. The molecular formula is C27H32N4O4. The maximum atomic E-state index is 13.4. The number of carbonyl (C=O) groups excluding carboxylic acids is 1. The van der Waals surface area contributed by atoms with Crippen molar-refractivity contribution in [3.63, 3.8) is 0 Å². The van der Waals surface area contributed by atoms with Gasteiger partial charge in [-0.1, -0.05) is 6.92 Å². The zero-order valence-electron chi connectivity index (χ0n) is 20.5. The van der Waals surface area contributed by atoms with Crippen molar-refractivity contribution in [3.8, 4) is 5.75 Å². The van der Waals surface area contributed by atoms with Crippen LogP contribution in [-0.2, 0) is 10.2 Å². The molecule has 1 aliphatic heterocycles. The lowest BCUT2D eigenvalue weighted by Crippen LogP contribution is -2.26. The fourth-order valence-corrected chi connectivity index (χ4v) is 5.52.